The molecule has 1 N–H and O–H groups in total. The van der Waals surface area contributed by atoms with Crippen LogP contribution < -0.4 is 5.32 Å². The highest BCUT2D eigenvalue weighted by Crippen LogP contribution is 2.37. The van der Waals surface area contributed by atoms with E-state index in [-0.39, 0.29) is 41.5 Å². The number of ether oxygens (including phenoxy) is 1. The van der Waals surface area contributed by atoms with Crippen LogP contribution >= 0.6 is 0 Å². The maximum absolute atomic E-state index is 13.4. The third kappa shape index (κ3) is 5.42. The Bertz CT molecular complexity index is 671. The van der Waals surface area contributed by atoms with Crippen molar-refractivity contribution < 1.29 is 19.1 Å². The van der Waals surface area contributed by atoms with Gasteiger partial charge in [0.15, 0.2) is 0 Å². The minimum atomic E-state index is -0.729. The van der Waals surface area contributed by atoms with Crippen LogP contribution in [0.2, 0.25) is 0 Å². The highest BCUT2D eigenvalue weighted by atomic mass is 16.5. The normalized spacial score (nSPS) is 26.0. The molecule has 2 heterocycles. The van der Waals surface area contributed by atoms with Gasteiger partial charge in [-0.05, 0) is 31.1 Å². The number of hydrogen-bond donors (Lipinski definition) is 1. The fourth-order valence-electron chi connectivity index (χ4n) is 5.57. The lowest BCUT2D eigenvalue weighted by Crippen LogP contribution is -2.55. The van der Waals surface area contributed by atoms with Crippen LogP contribution in [-0.4, -0.2) is 72.5 Å². The van der Waals surface area contributed by atoms with Gasteiger partial charge in [0.2, 0.25) is 17.7 Å². The molecular weight excluding hydrogens is 406 g/mol. The number of hydrogen-bond acceptors (Lipinski definition) is 5. The van der Waals surface area contributed by atoms with Crippen molar-refractivity contribution in [2.75, 3.05) is 32.8 Å². The monoisotopic (exact) mass is 447 g/mol. The second-order valence-electron chi connectivity index (χ2n) is 9.89. The molecule has 0 aromatic heterocycles. The molecule has 3 aliphatic rings. The number of rotatable bonds is 10. The Labute approximate surface area is 192 Å². The zero-order valence-electron chi connectivity index (χ0n) is 20.2. The van der Waals surface area contributed by atoms with Crippen LogP contribution in [-0.2, 0) is 19.1 Å². The Kier molecular flexibility index (Phi) is 8.88. The molecule has 7 heteroatoms. The van der Waals surface area contributed by atoms with Crippen molar-refractivity contribution in [2.45, 2.75) is 71.9 Å². The third-order valence-corrected chi connectivity index (χ3v) is 7.44. The Morgan fingerprint density at radius 2 is 1.62 bits per heavy atom. The smallest absolute Gasteiger partial charge is 0.243 e. The molecular formula is C25H41N3O4. The van der Waals surface area contributed by atoms with Gasteiger partial charge in [-0.1, -0.05) is 52.7 Å². The number of likely N-dealkylation sites (tertiary alicyclic amines) is 1. The molecule has 0 saturated carbocycles. The van der Waals surface area contributed by atoms with Crippen molar-refractivity contribution in [3.05, 3.63) is 12.2 Å². The van der Waals surface area contributed by atoms with E-state index in [1.54, 1.807) is 0 Å². The fraction of sp³-hybridized carbons (Fsp3) is 0.800. The molecule has 0 aromatic carbocycles. The van der Waals surface area contributed by atoms with Crippen LogP contribution in [0.4, 0.5) is 0 Å². The topological polar surface area (TPSA) is 79.0 Å². The van der Waals surface area contributed by atoms with E-state index in [2.05, 4.69) is 24.1 Å². The van der Waals surface area contributed by atoms with Gasteiger partial charge < -0.3 is 10.1 Å². The zero-order valence-corrected chi connectivity index (χ0v) is 20.2. The molecule has 3 amide bonds. The van der Waals surface area contributed by atoms with E-state index < -0.39 is 6.04 Å². The molecule has 2 fully saturated rings. The summed E-state index contributed by atoms with van der Waals surface area (Å²) >= 11 is 0. The predicted octanol–water partition coefficient (Wildman–Crippen LogP) is 2.61. The lowest BCUT2D eigenvalue weighted by Gasteiger charge is -2.39. The summed E-state index contributed by atoms with van der Waals surface area (Å²) in [5.74, 6) is -0.482. The Balaban J connectivity index is 1.73. The van der Waals surface area contributed by atoms with Gasteiger partial charge in [-0.3, -0.25) is 24.2 Å². The molecule has 4 atom stereocenters. The average Bonchev–Trinajstić information content (AvgIpc) is 3.05. The first-order valence-corrected chi connectivity index (χ1v) is 12.5. The van der Waals surface area contributed by atoms with Crippen molar-refractivity contribution in [3.8, 4) is 0 Å². The van der Waals surface area contributed by atoms with Gasteiger partial charge in [0.1, 0.15) is 6.04 Å². The van der Waals surface area contributed by atoms with Gasteiger partial charge in [0.25, 0.3) is 0 Å². The molecule has 0 aromatic rings. The summed E-state index contributed by atoms with van der Waals surface area (Å²) in [5.41, 5.74) is 0. The zero-order chi connectivity index (χ0) is 23.3. The number of morpholine rings is 1. The van der Waals surface area contributed by atoms with E-state index in [9.17, 15) is 14.4 Å². The molecule has 0 radical (unpaired) electrons. The number of allylic oxidation sites excluding steroid dienone is 2. The summed E-state index contributed by atoms with van der Waals surface area (Å²) < 4.78 is 5.53. The van der Waals surface area contributed by atoms with E-state index in [0.717, 1.165) is 25.9 Å². The van der Waals surface area contributed by atoms with Crippen LogP contribution in [0.1, 0.15) is 59.8 Å². The molecule has 2 saturated heterocycles. The van der Waals surface area contributed by atoms with Gasteiger partial charge in [-0.25, -0.2) is 0 Å². The van der Waals surface area contributed by atoms with Crippen molar-refractivity contribution in [1.29, 1.82) is 0 Å². The van der Waals surface area contributed by atoms with Gasteiger partial charge in [-0.2, -0.15) is 0 Å². The van der Waals surface area contributed by atoms with E-state index in [1.807, 2.05) is 26.0 Å². The predicted molar refractivity (Wildman–Crippen MR) is 124 cm³/mol. The molecule has 0 unspecified atom stereocenters. The van der Waals surface area contributed by atoms with E-state index in [0.29, 0.717) is 44.9 Å². The number of nitrogens with one attached hydrogen (secondary N) is 1. The first-order valence-electron chi connectivity index (χ1n) is 12.5. The van der Waals surface area contributed by atoms with E-state index >= 15 is 0 Å². The van der Waals surface area contributed by atoms with Crippen LogP contribution in [0, 0.1) is 23.7 Å². The molecule has 2 aliphatic heterocycles. The Morgan fingerprint density at radius 3 is 2.12 bits per heavy atom. The molecule has 0 spiro atoms. The first kappa shape index (κ1) is 24.9. The number of imide groups is 1. The lowest BCUT2D eigenvalue weighted by molar-refractivity contribution is -0.148. The third-order valence-electron chi connectivity index (χ3n) is 7.44. The number of fused-ring (bicyclic) bond motifs is 1. The molecule has 32 heavy (non-hydrogen) atoms. The standard InChI is InChI=1S/C25H41N3O4/c1-5-18(6-2)22(27-11-13-32-14-12-27)16-26-23(29)21(15-17(3)4)28-24(30)19-9-7-8-10-20(19)25(28)31/h7-8,17-22H,5-6,9-16H2,1-4H3,(H,26,29)/t19-,20+,21-,22+/m1/s1. The molecule has 0 bridgehead atoms. The minimum absolute atomic E-state index is 0.171. The molecule has 7 nitrogen and oxygen atoms in total. The summed E-state index contributed by atoms with van der Waals surface area (Å²) in [5, 5.41) is 3.15. The largest absolute Gasteiger partial charge is 0.379 e. The second-order valence-corrected chi connectivity index (χ2v) is 9.89. The van der Waals surface area contributed by atoms with Crippen LogP contribution in [0.5, 0.6) is 0 Å². The fourth-order valence-corrected chi connectivity index (χ4v) is 5.57. The molecule has 1 aliphatic carbocycles. The minimum Gasteiger partial charge on any atom is -0.379 e. The van der Waals surface area contributed by atoms with Crippen molar-refractivity contribution in [2.24, 2.45) is 23.7 Å². The van der Waals surface area contributed by atoms with Crippen molar-refractivity contribution in [3.63, 3.8) is 0 Å². The number of amides is 3. The summed E-state index contributed by atoms with van der Waals surface area (Å²) in [6.45, 7) is 12.1. The highest BCUT2D eigenvalue weighted by molar-refractivity contribution is 6.08. The SMILES string of the molecule is CCC(CC)[C@H](CNC(=O)[C@@H](CC(C)C)N1C(=O)[C@H]2CC=CC[C@H]2C1=O)N1CCOCC1. The van der Waals surface area contributed by atoms with Gasteiger partial charge in [-0.15, -0.1) is 0 Å². The lowest BCUT2D eigenvalue weighted by atomic mass is 9.85. The molecule has 180 valence electrons. The number of carbonyl (C=O) groups is 3. The summed E-state index contributed by atoms with van der Waals surface area (Å²) in [6.07, 6.45) is 7.73. The summed E-state index contributed by atoms with van der Waals surface area (Å²) in [4.78, 5) is 43.4. The maximum Gasteiger partial charge on any atom is 0.243 e. The average molecular weight is 448 g/mol. The first-order chi connectivity index (χ1) is 15.4. The van der Waals surface area contributed by atoms with Crippen LogP contribution in [0.3, 0.4) is 0 Å². The van der Waals surface area contributed by atoms with Crippen LogP contribution in [0.15, 0.2) is 12.2 Å². The van der Waals surface area contributed by atoms with E-state index in [1.165, 1.54) is 4.90 Å². The highest BCUT2D eigenvalue weighted by Gasteiger charge is 2.51. The number of carbonyl (C=O) groups excluding carboxylic acids is 3. The maximum atomic E-state index is 13.4. The van der Waals surface area contributed by atoms with Gasteiger partial charge in [0, 0.05) is 25.7 Å². The van der Waals surface area contributed by atoms with Crippen molar-refractivity contribution >= 4 is 17.7 Å². The van der Waals surface area contributed by atoms with E-state index in [4.69, 9.17) is 4.74 Å². The van der Waals surface area contributed by atoms with Crippen molar-refractivity contribution in [1.82, 2.24) is 15.1 Å². The molecule has 3 rings (SSSR count). The Hall–Kier alpha value is -1.73. The number of nitrogens with zero attached hydrogens (tertiary/aromatic N) is 2. The summed E-state index contributed by atoms with van der Waals surface area (Å²) in [7, 11) is 0. The Morgan fingerprint density at radius 1 is 1.06 bits per heavy atom. The van der Waals surface area contributed by atoms with Crippen LogP contribution in [0.25, 0.3) is 0 Å². The van der Waals surface area contributed by atoms with Gasteiger partial charge in [0.05, 0.1) is 25.0 Å². The quantitative estimate of drug-likeness (QED) is 0.411. The second kappa shape index (κ2) is 11.4. The summed E-state index contributed by atoms with van der Waals surface area (Å²) in [6, 6.07) is -0.498. The van der Waals surface area contributed by atoms with Gasteiger partial charge >= 0.3 is 0 Å².